The molecule has 0 aliphatic carbocycles. The van der Waals surface area contributed by atoms with Crippen molar-refractivity contribution in [3.8, 4) is 11.5 Å². The van der Waals surface area contributed by atoms with Crippen molar-refractivity contribution in [2.45, 2.75) is 26.4 Å². The van der Waals surface area contributed by atoms with Gasteiger partial charge in [-0.05, 0) is 24.1 Å². The third-order valence-corrected chi connectivity index (χ3v) is 3.51. The fraction of sp³-hybridized carbons (Fsp3) is 0.333. The number of aromatic hydroxyl groups is 1. The van der Waals surface area contributed by atoms with Gasteiger partial charge >= 0.3 is 0 Å². The summed E-state index contributed by atoms with van der Waals surface area (Å²) in [7, 11) is 1.49. The summed E-state index contributed by atoms with van der Waals surface area (Å²) in [5, 5.41) is 16.8. The number of rotatable bonds is 6. The number of ether oxygens (including phenoxy) is 1. The first-order valence-electron chi connectivity index (χ1n) is 6.92. The van der Waals surface area contributed by atoms with Crippen molar-refractivity contribution in [2.24, 2.45) is 0 Å². The Morgan fingerprint density at radius 1 is 1.45 bits per heavy atom. The van der Waals surface area contributed by atoms with Crippen LogP contribution in [0.3, 0.4) is 0 Å². The molecule has 0 aliphatic heterocycles. The Kier molecular flexibility index (Phi) is 5.27. The second-order valence-corrected chi connectivity index (χ2v) is 5.14. The Hall–Kier alpha value is -2.21. The number of hydrogen-bond acceptors (Lipinski definition) is 5. The third kappa shape index (κ3) is 3.51. The van der Waals surface area contributed by atoms with Crippen LogP contribution in [0.5, 0.6) is 11.5 Å². The van der Waals surface area contributed by atoms with Crippen molar-refractivity contribution < 1.29 is 9.84 Å². The fourth-order valence-electron chi connectivity index (χ4n) is 1.99. The molecule has 1 aromatic heterocycles. The monoisotopic (exact) mass is 323 g/mol. The van der Waals surface area contributed by atoms with E-state index in [0.717, 1.165) is 12.0 Å². The number of nitrogens with zero attached hydrogens (tertiary/aromatic N) is 2. The summed E-state index contributed by atoms with van der Waals surface area (Å²) in [5.74, 6) is 0.468. The Morgan fingerprint density at radius 2 is 2.23 bits per heavy atom. The number of aryl methyl sites for hydroxylation is 1. The number of phenolic OH excluding ortho intramolecular Hbond substituents is 1. The molecule has 0 bridgehead atoms. The van der Waals surface area contributed by atoms with Crippen molar-refractivity contribution in [1.29, 1.82) is 0 Å². The lowest BCUT2D eigenvalue weighted by molar-refractivity contribution is 0.373. The zero-order valence-electron chi connectivity index (χ0n) is 12.5. The van der Waals surface area contributed by atoms with E-state index in [1.54, 1.807) is 18.2 Å². The molecule has 0 atom stereocenters. The molecule has 1 aromatic carbocycles. The van der Waals surface area contributed by atoms with Gasteiger partial charge in [0.15, 0.2) is 11.5 Å². The molecule has 0 unspecified atom stereocenters. The maximum absolute atomic E-state index is 12.0. The molecule has 22 heavy (non-hydrogen) atoms. The van der Waals surface area contributed by atoms with Crippen molar-refractivity contribution in [3.05, 3.63) is 45.3 Å². The molecule has 0 spiro atoms. The van der Waals surface area contributed by atoms with Crippen LogP contribution in [-0.2, 0) is 13.1 Å². The second-order valence-electron chi connectivity index (χ2n) is 4.76. The minimum Gasteiger partial charge on any atom is -0.504 e. The van der Waals surface area contributed by atoms with Crippen LogP contribution >= 0.6 is 11.6 Å². The van der Waals surface area contributed by atoms with Gasteiger partial charge in [0, 0.05) is 13.1 Å². The van der Waals surface area contributed by atoms with E-state index in [0.29, 0.717) is 24.5 Å². The zero-order valence-corrected chi connectivity index (χ0v) is 13.2. The SMILES string of the molecule is CCCn1ncc(NCc2ccc(O)c(OC)c2)c(Cl)c1=O. The molecule has 0 saturated carbocycles. The first-order chi connectivity index (χ1) is 10.6. The molecule has 7 heteroatoms. The second kappa shape index (κ2) is 7.17. The van der Waals surface area contributed by atoms with Crippen LogP contribution in [-0.4, -0.2) is 22.0 Å². The number of methoxy groups -OCH3 is 1. The molecule has 0 fully saturated rings. The lowest BCUT2D eigenvalue weighted by Crippen LogP contribution is -2.24. The van der Waals surface area contributed by atoms with Gasteiger partial charge in [-0.15, -0.1) is 0 Å². The minimum atomic E-state index is -0.309. The molecule has 0 saturated heterocycles. The number of phenols is 1. The van der Waals surface area contributed by atoms with Crippen LogP contribution in [0.4, 0.5) is 5.69 Å². The number of benzene rings is 1. The molecular weight excluding hydrogens is 306 g/mol. The molecule has 6 nitrogen and oxygen atoms in total. The van der Waals surface area contributed by atoms with Crippen LogP contribution in [0, 0.1) is 0 Å². The summed E-state index contributed by atoms with van der Waals surface area (Å²) in [6, 6.07) is 5.02. The standard InChI is InChI=1S/C15H18ClN3O3/c1-3-6-19-15(21)14(16)11(9-18-19)17-8-10-4-5-12(20)13(7-10)22-2/h4-5,7,9,17,20H,3,6,8H2,1-2H3. The van der Waals surface area contributed by atoms with Gasteiger partial charge in [-0.1, -0.05) is 24.6 Å². The van der Waals surface area contributed by atoms with Gasteiger partial charge in [0.05, 0.1) is 19.0 Å². The number of hydrogen-bond donors (Lipinski definition) is 2. The Labute approximate surface area is 133 Å². The van der Waals surface area contributed by atoms with Gasteiger partial charge in [0.1, 0.15) is 5.02 Å². The van der Waals surface area contributed by atoms with Gasteiger partial charge in [-0.25, -0.2) is 4.68 Å². The summed E-state index contributed by atoms with van der Waals surface area (Å²) in [4.78, 5) is 12.0. The maximum Gasteiger partial charge on any atom is 0.287 e. The lowest BCUT2D eigenvalue weighted by atomic mass is 10.2. The van der Waals surface area contributed by atoms with Crippen LogP contribution in [0.25, 0.3) is 0 Å². The van der Waals surface area contributed by atoms with Crippen LogP contribution in [0.1, 0.15) is 18.9 Å². The molecule has 2 N–H and O–H groups in total. The Morgan fingerprint density at radius 3 is 2.91 bits per heavy atom. The summed E-state index contributed by atoms with van der Waals surface area (Å²) in [5.41, 5.74) is 1.05. The molecule has 2 aromatic rings. The highest BCUT2D eigenvalue weighted by atomic mass is 35.5. The molecule has 0 radical (unpaired) electrons. The van der Waals surface area contributed by atoms with E-state index < -0.39 is 0 Å². The van der Waals surface area contributed by atoms with Gasteiger partial charge in [-0.3, -0.25) is 4.79 Å². The summed E-state index contributed by atoms with van der Waals surface area (Å²) >= 11 is 6.08. The quantitative estimate of drug-likeness (QED) is 0.854. The molecule has 0 amide bonds. The van der Waals surface area contributed by atoms with Crippen LogP contribution in [0.15, 0.2) is 29.2 Å². The van der Waals surface area contributed by atoms with Gasteiger partial charge in [-0.2, -0.15) is 5.10 Å². The molecular formula is C15H18ClN3O3. The van der Waals surface area contributed by atoms with Gasteiger partial charge < -0.3 is 15.2 Å². The molecule has 1 heterocycles. The smallest absolute Gasteiger partial charge is 0.287 e. The number of nitrogens with one attached hydrogen (secondary N) is 1. The normalized spacial score (nSPS) is 10.5. The topological polar surface area (TPSA) is 76.4 Å². The van der Waals surface area contributed by atoms with Crippen LogP contribution in [0.2, 0.25) is 5.02 Å². The Bertz CT molecular complexity index is 716. The molecule has 118 valence electrons. The predicted octanol–water partition coefficient (Wildman–Crippen LogP) is 2.63. The first kappa shape index (κ1) is 16.2. The predicted molar refractivity (Wildman–Crippen MR) is 85.8 cm³/mol. The summed E-state index contributed by atoms with van der Waals surface area (Å²) < 4.78 is 6.40. The maximum atomic E-state index is 12.0. The highest BCUT2D eigenvalue weighted by Gasteiger charge is 2.09. The summed E-state index contributed by atoms with van der Waals surface area (Å²) in [6.45, 7) is 2.93. The molecule has 0 aliphatic rings. The average molecular weight is 324 g/mol. The molecule has 2 rings (SSSR count). The average Bonchev–Trinajstić information content (AvgIpc) is 2.52. The lowest BCUT2D eigenvalue weighted by Gasteiger charge is -2.11. The number of anilines is 1. The van der Waals surface area contributed by atoms with Crippen molar-refractivity contribution in [2.75, 3.05) is 12.4 Å². The van der Waals surface area contributed by atoms with Crippen LogP contribution < -0.4 is 15.6 Å². The first-order valence-corrected chi connectivity index (χ1v) is 7.30. The van der Waals surface area contributed by atoms with E-state index in [9.17, 15) is 9.90 Å². The van der Waals surface area contributed by atoms with E-state index in [4.69, 9.17) is 16.3 Å². The van der Waals surface area contributed by atoms with Crippen molar-refractivity contribution in [1.82, 2.24) is 9.78 Å². The number of halogens is 1. The zero-order chi connectivity index (χ0) is 16.1. The Balaban J connectivity index is 2.15. The minimum absolute atomic E-state index is 0.0770. The van der Waals surface area contributed by atoms with Gasteiger partial charge in [0.2, 0.25) is 0 Å². The largest absolute Gasteiger partial charge is 0.504 e. The van der Waals surface area contributed by atoms with Crippen molar-refractivity contribution >= 4 is 17.3 Å². The highest BCUT2D eigenvalue weighted by Crippen LogP contribution is 2.26. The summed E-state index contributed by atoms with van der Waals surface area (Å²) in [6.07, 6.45) is 2.35. The van der Waals surface area contributed by atoms with E-state index in [1.165, 1.54) is 18.0 Å². The van der Waals surface area contributed by atoms with Crippen molar-refractivity contribution in [3.63, 3.8) is 0 Å². The third-order valence-electron chi connectivity index (χ3n) is 3.15. The van der Waals surface area contributed by atoms with E-state index >= 15 is 0 Å². The van der Waals surface area contributed by atoms with E-state index in [-0.39, 0.29) is 16.3 Å². The van der Waals surface area contributed by atoms with E-state index in [2.05, 4.69) is 10.4 Å². The number of aromatic nitrogens is 2. The van der Waals surface area contributed by atoms with E-state index in [1.807, 2.05) is 6.92 Å². The fourth-order valence-corrected chi connectivity index (χ4v) is 2.20. The highest BCUT2D eigenvalue weighted by molar-refractivity contribution is 6.32. The van der Waals surface area contributed by atoms with Gasteiger partial charge in [0.25, 0.3) is 5.56 Å².